The van der Waals surface area contributed by atoms with E-state index in [1.54, 1.807) is 12.5 Å². The second kappa shape index (κ2) is 10.4. The summed E-state index contributed by atoms with van der Waals surface area (Å²) >= 11 is 0. The van der Waals surface area contributed by atoms with Gasteiger partial charge in [-0.25, -0.2) is 4.98 Å². The number of hydrogen-bond acceptors (Lipinski definition) is 4. The van der Waals surface area contributed by atoms with Crippen molar-refractivity contribution in [3.63, 3.8) is 0 Å². The van der Waals surface area contributed by atoms with Crippen molar-refractivity contribution in [1.29, 1.82) is 0 Å². The standard InChI is InChI=1S/C20H33N3O4/c1-14(2)10-17(19(24)25)22-18(20(26)27)11-16-12-21-13-23(16)9-8-15-6-4-3-5-7-15/h12-15,17-18,22H,3-11H2,1-2H3,(H,24,25)(H,26,27). The number of carboxylic acid groups (broad SMARTS) is 2. The van der Waals surface area contributed by atoms with E-state index in [1.165, 1.54) is 32.1 Å². The summed E-state index contributed by atoms with van der Waals surface area (Å²) in [4.78, 5) is 27.4. The molecule has 0 aromatic carbocycles. The van der Waals surface area contributed by atoms with Crippen molar-refractivity contribution in [3.8, 4) is 0 Å². The summed E-state index contributed by atoms with van der Waals surface area (Å²) < 4.78 is 2.02. The number of aliphatic carboxylic acids is 2. The van der Waals surface area contributed by atoms with Crippen LogP contribution in [-0.4, -0.2) is 43.8 Å². The second-order valence-corrected chi connectivity index (χ2v) is 8.15. The first-order valence-corrected chi connectivity index (χ1v) is 10.1. The summed E-state index contributed by atoms with van der Waals surface area (Å²) in [5, 5.41) is 21.8. The minimum Gasteiger partial charge on any atom is -0.480 e. The number of nitrogens with zero attached hydrogens (tertiary/aromatic N) is 2. The molecule has 1 fully saturated rings. The Labute approximate surface area is 161 Å². The Balaban J connectivity index is 1.98. The Kier molecular flexibility index (Phi) is 8.28. The number of carboxylic acids is 2. The zero-order valence-electron chi connectivity index (χ0n) is 16.4. The molecule has 2 atom stereocenters. The zero-order valence-corrected chi connectivity index (χ0v) is 16.4. The van der Waals surface area contributed by atoms with Gasteiger partial charge in [-0.05, 0) is 24.7 Å². The van der Waals surface area contributed by atoms with E-state index in [4.69, 9.17) is 0 Å². The Bertz CT molecular complexity index is 608. The van der Waals surface area contributed by atoms with Crippen molar-refractivity contribution in [2.75, 3.05) is 0 Å². The van der Waals surface area contributed by atoms with Crippen LogP contribution in [0.3, 0.4) is 0 Å². The molecule has 0 bridgehead atoms. The van der Waals surface area contributed by atoms with Gasteiger partial charge in [0.25, 0.3) is 0 Å². The molecule has 2 unspecified atom stereocenters. The van der Waals surface area contributed by atoms with E-state index in [1.807, 2.05) is 18.4 Å². The van der Waals surface area contributed by atoms with E-state index in [0.29, 0.717) is 6.42 Å². The van der Waals surface area contributed by atoms with Crippen molar-refractivity contribution in [3.05, 3.63) is 18.2 Å². The molecule has 27 heavy (non-hydrogen) atoms. The van der Waals surface area contributed by atoms with E-state index in [-0.39, 0.29) is 12.3 Å². The first-order chi connectivity index (χ1) is 12.9. The topological polar surface area (TPSA) is 104 Å². The quantitative estimate of drug-likeness (QED) is 0.546. The molecule has 152 valence electrons. The van der Waals surface area contributed by atoms with Crippen LogP contribution in [0.1, 0.15) is 64.5 Å². The highest BCUT2D eigenvalue weighted by atomic mass is 16.4. The van der Waals surface area contributed by atoms with Crippen LogP contribution in [0.4, 0.5) is 0 Å². The van der Waals surface area contributed by atoms with Gasteiger partial charge in [0.15, 0.2) is 0 Å². The predicted octanol–water partition coefficient (Wildman–Crippen LogP) is 2.94. The fourth-order valence-corrected chi connectivity index (χ4v) is 3.90. The molecular formula is C20H33N3O4. The van der Waals surface area contributed by atoms with Gasteiger partial charge in [-0.1, -0.05) is 46.0 Å². The summed E-state index contributed by atoms with van der Waals surface area (Å²) in [5.41, 5.74) is 0.833. The monoisotopic (exact) mass is 379 g/mol. The molecule has 3 N–H and O–H groups in total. The molecule has 7 nitrogen and oxygen atoms in total. The molecule has 1 saturated carbocycles. The average molecular weight is 380 g/mol. The van der Waals surface area contributed by atoms with E-state index in [2.05, 4.69) is 10.3 Å². The normalized spacial score (nSPS) is 17.7. The van der Waals surface area contributed by atoms with E-state index in [9.17, 15) is 19.8 Å². The fourth-order valence-electron chi connectivity index (χ4n) is 3.90. The number of imidazole rings is 1. The summed E-state index contributed by atoms with van der Waals surface area (Å²) in [6.45, 7) is 4.68. The van der Waals surface area contributed by atoms with E-state index < -0.39 is 24.0 Å². The van der Waals surface area contributed by atoms with Crippen molar-refractivity contribution >= 4 is 11.9 Å². The van der Waals surface area contributed by atoms with Crippen molar-refractivity contribution in [2.24, 2.45) is 11.8 Å². The molecule has 0 saturated heterocycles. The van der Waals surface area contributed by atoms with Gasteiger partial charge in [-0.15, -0.1) is 0 Å². The number of hydrogen-bond donors (Lipinski definition) is 3. The van der Waals surface area contributed by atoms with Gasteiger partial charge < -0.3 is 14.8 Å². The van der Waals surface area contributed by atoms with Gasteiger partial charge in [-0.3, -0.25) is 14.9 Å². The Morgan fingerprint density at radius 1 is 1.19 bits per heavy atom. The van der Waals surface area contributed by atoms with Gasteiger partial charge in [0, 0.05) is 24.9 Å². The molecule has 0 radical (unpaired) electrons. The van der Waals surface area contributed by atoms with Crippen LogP contribution in [0.15, 0.2) is 12.5 Å². The minimum absolute atomic E-state index is 0.161. The summed E-state index contributed by atoms with van der Waals surface area (Å²) in [6.07, 6.45) is 11.6. The van der Waals surface area contributed by atoms with Crippen LogP contribution >= 0.6 is 0 Å². The van der Waals surface area contributed by atoms with E-state index >= 15 is 0 Å². The highest BCUT2D eigenvalue weighted by Gasteiger charge is 2.27. The van der Waals surface area contributed by atoms with Crippen molar-refractivity contribution < 1.29 is 19.8 Å². The molecule has 1 aliphatic carbocycles. The lowest BCUT2D eigenvalue weighted by molar-refractivity contribution is -0.142. The van der Waals surface area contributed by atoms with Crippen LogP contribution in [0.25, 0.3) is 0 Å². The molecule has 1 aromatic rings. The van der Waals surface area contributed by atoms with E-state index in [0.717, 1.165) is 24.6 Å². The smallest absolute Gasteiger partial charge is 0.321 e. The maximum absolute atomic E-state index is 11.7. The predicted molar refractivity (Wildman–Crippen MR) is 103 cm³/mol. The van der Waals surface area contributed by atoms with Gasteiger partial charge in [0.05, 0.1) is 6.33 Å². The second-order valence-electron chi connectivity index (χ2n) is 8.15. The summed E-state index contributed by atoms with van der Waals surface area (Å²) in [6, 6.07) is -1.82. The number of aromatic nitrogens is 2. The maximum atomic E-state index is 11.7. The Morgan fingerprint density at radius 2 is 1.85 bits per heavy atom. The molecule has 7 heteroatoms. The lowest BCUT2D eigenvalue weighted by Crippen LogP contribution is -2.49. The molecule has 2 rings (SSSR count). The molecule has 0 spiro atoms. The Morgan fingerprint density at radius 3 is 2.44 bits per heavy atom. The van der Waals surface area contributed by atoms with Crippen LogP contribution in [0.5, 0.6) is 0 Å². The van der Waals surface area contributed by atoms with Gasteiger partial charge in [-0.2, -0.15) is 0 Å². The van der Waals surface area contributed by atoms with Crippen LogP contribution in [-0.2, 0) is 22.6 Å². The highest BCUT2D eigenvalue weighted by Crippen LogP contribution is 2.26. The largest absolute Gasteiger partial charge is 0.480 e. The molecule has 1 aromatic heterocycles. The lowest BCUT2D eigenvalue weighted by Gasteiger charge is -2.23. The molecule has 1 aliphatic rings. The Hall–Kier alpha value is -1.89. The SMILES string of the molecule is CC(C)CC(NC(Cc1cncn1CCC1CCCCC1)C(=O)O)C(=O)O. The highest BCUT2D eigenvalue weighted by molar-refractivity contribution is 5.77. The number of nitrogens with one attached hydrogen (secondary N) is 1. The summed E-state index contributed by atoms with van der Waals surface area (Å²) in [5.74, 6) is -1.15. The minimum atomic E-state index is -1.04. The van der Waals surface area contributed by atoms with Gasteiger partial charge in [0.2, 0.25) is 0 Å². The van der Waals surface area contributed by atoms with Gasteiger partial charge in [0.1, 0.15) is 12.1 Å². The van der Waals surface area contributed by atoms with Crippen molar-refractivity contribution in [2.45, 2.75) is 83.8 Å². The third-order valence-corrected chi connectivity index (χ3v) is 5.42. The third-order valence-electron chi connectivity index (χ3n) is 5.42. The first kappa shape index (κ1) is 21.4. The lowest BCUT2D eigenvalue weighted by atomic mass is 9.87. The maximum Gasteiger partial charge on any atom is 0.321 e. The molecule has 1 heterocycles. The van der Waals surface area contributed by atoms with Crippen molar-refractivity contribution in [1.82, 2.24) is 14.9 Å². The zero-order chi connectivity index (χ0) is 19.8. The fraction of sp³-hybridized carbons (Fsp3) is 0.750. The average Bonchev–Trinajstić information content (AvgIpc) is 3.06. The van der Waals surface area contributed by atoms with Crippen LogP contribution in [0.2, 0.25) is 0 Å². The molecule has 0 amide bonds. The van der Waals surface area contributed by atoms with Crippen LogP contribution < -0.4 is 5.32 Å². The van der Waals surface area contributed by atoms with Gasteiger partial charge >= 0.3 is 11.9 Å². The molecular weight excluding hydrogens is 346 g/mol. The number of rotatable bonds is 11. The first-order valence-electron chi connectivity index (χ1n) is 10.1. The number of carbonyl (C=O) groups is 2. The number of aryl methyl sites for hydroxylation is 1. The molecule has 0 aliphatic heterocycles. The summed E-state index contributed by atoms with van der Waals surface area (Å²) in [7, 11) is 0. The van der Waals surface area contributed by atoms with Crippen LogP contribution in [0, 0.1) is 11.8 Å². The third kappa shape index (κ3) is 6.97.